The molecule has 2 aromatic rings. The van der Waals surface area contributed by atoms with E-state index in [1.165, 1.54) is 5.56 Å². The van der Waals surface area contributed by atoms with E-state index in [-0.39, 0.29) is 12.1 Å². The summed E-state index contributed by atoms with van der Waals surface area (Å²) in [6.07, 6.45) is 3.87. The van der Waals surface area contributed by atoms with Crippen molar-refractivity contribution >= 4 is 0 Å². The largest absolute Gasteiger partial charge is 0.491 e. The molecule has 0 saturated carbocycles. The second-order valence-corrected chi connectivity index (χ2v) is 5.53. The number of hydrogen-bond acceptors (Lipinski definition) is 3. The molecule has 0 aliphatic rings. The lowest BCUT2D eigenvalue weighted by Crippen LogP contribution is -2.24. The van der Waals surface area contributed by atoms with Crippen molar-refractivity contribution in [1.29, 1.82) is 0 Å². The average Bonchev–Trinajstić information content (AvgIpc) is 2.96. The monoisotopic (exact) mass is 287 g/mol. The molecule has 0 radical (unpaired) electrons. The number of ether oxygens (including phenoxy) is 1. The van der Waals surface area contributed by atoms with E-state index in [4.69, 9.17) is 9.15 Å². The molecule has 0 bridgehead atoms. The van der Waals surface area contributed by atoms with Gasteiger partial charge in [0, 0.05) is 12.5 Å². The van der Waals surface area contributed by atoms with Crippen molar-refractivity contribution in [2.24, 2.45) is 0 Å². The summed E-state index contributed by atoms with van der Waals surface area (Å²) < 4.78 is 11.3. The molecule has 1 unspecified atom stereocenters. The van der Waals surface area contributed by atoms with Crippen molar-refractivity contribution < 1.29 is 9.15 Å². The minimum atomic E-state index is 0.187. The van der Waals surface area contributed by atoms with Gasteiger partial charge in [0.2, 0.25) is 0 Å². The van der Waals surface area contributed by atoms with Crippen LogP contribution in [0.5, 0.6) is 5.75 Å². The van der Waals surface area contributed by atoms with Gasteiger partial charge in [0.05, 0.1) is 12.4 Å². The van der Waals surface area contributed by atoms with Crippen molar-refractivity contribution in [3.05, 3.63) is 54.0 Å². The van der Waals surface area contributed by atoms with E-state index < -0.39 is 0 Å². The number of furan rings is 1. The topological polar surface area (TPSA) is 34.4 Å². The number of hydrogen-bond donors (Lipinski definition) is 1. The van der Waals surface area contributed by atoms with E-state index in [0.29, 0.717) is 0 Å². The number of rotatable bonds is 8. The maximum absolute atomic E-state index is 5.79. The Morgan fingerprint density at radius 1 is 1.19 bits per heavy atom. The first kappa shape index (κ1) is 15.6. The van der Waals surface area contributed by atoms with Crippen molar-refractivity contribution in [2.45, 2.75) is 45.8 Å². The molecular formula is C18H25NO2. The lowest BCUT2D eigenvalue weighted by molar-refractivity contribution is 0.242. The van der Waals surface area contributed by atoms with Crippen LogP contribution in [-0.4, -0.2) is 12.6 Å². The molecule has 2 rings (SSSR count). The van der Waals surface area contributed by atoms with Crippen LogP contribution in [0.15, 0.2) is 47.1 Å². The molecule has 114 valence electrons. The summed E-state index contributed by atoms with van der Waals surface area (Å²) in [5.41, 5.74) is 1.23. The van der Waals surface area contributed by atoms with Crippen LogP contribution < -0.4 is 10.1 Å². The van der Waals surface area contributed by atoms with Gasteiger partial charge >= 0.3 is 0 Å². The fraction of sp³-hybridized carbons (Fsp3) is 0.444. The van der Waals surface area contributed by atoms with E-state index in [1.807, 2.05) is 32.0 Å². The van der Waals surface area contributed by atoms with Crippen LogP contribution in [0.3, 0.4) is 0 Å². The number of benzene rings is 1. The minimum absolute atomic E-state index is 0.187. The van der Waals surface area contributed by atoms with Gasteiger partial charge in [0.1, 0.15) is 11.5 Å². The van der Waals surface area contributed by atoms with E-state index in [0.717, 1.165) is 30.9 Å². The summed E-state index contributed by atoms with van der Waals surface area (Å²) in [5, 5.41) is 3.59. The molecule has 0 aliphatic heterocycles. The van der Waals surface area contributed by atoms with Gasteiger partial charge in [-0.25, -0.2) is 0 Å². The Morgan fingerprint density at radius 3 is 2.71 bits per heavy atom. The third-order valence-corrected chi connectivity index (χ3v) is 3.26. The second kappa shape index (κ2) is 7.89. The summed E-state index contributed by atoms with van der Waals surface area (Å²) in [4.78, 5) is 0. The predicted molar refractivity (Wildman–Crippen MR) is 85.7 cm³/mol. The maximum atomic E-state index is 5.79. The van der Waals surface area contributed by atoms with Crippen LogP contribution in [0.4, 0.5) is 0 Å². The summed E-state index contributed by atoms with van der Waals surface area (Å²) in [6, 6.07) is 12.5. The Kier molecular flexibility index (Phi) is 5.88. The quantitative estimate of drug-likeness (QED) is 0.783. The summed E-state index contributed by atoms with van der Waals surface area (Å²) in [7, 11) is 0. The highest BCUT2D eigenvalue weighted by Crippen LogP contribution is 2.23. The van der Waals surface area contributed by atoms with Crippen LogP contribution in [0, 0.1) is 0 Å². The Morgan fingerprint density at radius 2 is 2.05 bits per heavy atom. The zero-order valence-electron chi connectivity index (χ0n) is 13.1. The van der Waals surface area contributed by atoms with Gasteiger partial charge in [-0.3, -0.25) is 0 Å². The summed E-state index contributed by atoms with van der Waals surface area (Å²) in [6.45, 7) is 7.25. The molecule has 0 spiro atoms. The molecule has 1 aromatic heterocycles. The van der Waals surface area contributed by atoms with Gasteiger partial charge in [-0.05, 0) is 56.6 Å². The van der Waals surface area contributed by atoms with Crippen molar-refractivity contribution in [2.75, 3.05) is 6.54 Å². The van der Waals surface area contributed by atoms with Gasteiger partial charge < -0.3 is 14.5 Å². The average molecular weight is 287 g/mol. The standard InChI is InChI=1S/C18H25NO2/c1-4-10-19-18(13-16-9-6-11-20-16)15-7-5-8-17(12-15)21-14(2)3/h5-9,11-12,14,18-19H,4,10,13H2,1-3H3. The Bertz CT molecular complexity index is 520. The van der Waals surface area contributed by atoms with Gasteiger partial charge in [0.25, 0.3) is 0 Å². The van der Waals surface area contributed by atoms with Crippen LogP contribution in [0.25, 0.3) is 0 Å². The van der Waals surface area contributed by atoms with Gasteiger partial charge in [-0.2, -0.15) is 0 Å². The second-order valence-electron chi connectivity index (χ2n) is 5.53. The third-order valence-electron chi connectivity index (χ3n) is 3.26. The first-order valence-corrected chi connectivity index (χ1v) is 7.71. The minimum Gasteiger partial charge on any atom is -0.491 e. The van der Waals surface area contributed by atoms with Gasteiger partial charge in [0.15, 0.2) is 0 Å². The first-order valence-electron chi connectivity index (χ1n) is 7.71. The molecular weight excluding hydrogens is 262 g/mol. The summed E-state index contributed by atoms with van der Waals surface area (Å²) in [5.74, 6) is 1.92. The highest BCUT2D eigenvalue weighted by molar-refractivity contribution is 5.31. The predicted octanol–water partition coefficient (Wildman–Crippen LogP) is 4.35. The van der Waals surface area contributed by atoms with E-state index in [9.17, 15) is 0 Å². The molecule has 3 heteroatoms. The molecule has 0 saturated heterocycles. The molecule has 0 amide bonds. The normalized spacial score (nSPS) is 12.6. The molecule has 0 fully saturated rings. The van der Waals surface area contributed by atoms with Crippen molar-refractivity contribution in [3.63, 3.8) is 0 Å². The van der Waals surface area contributed by atoms with Gasteiger partial charge in [-0.15, -0.1) is 0 Å². The highest BCUT2D eigenvalue weighted by Gasteiger charge is 2.14. The Labute approximate surface area is 127 Å². The molecule has 1 atom stereocenters. The van der Waals surface area contributed by atoms with Gasteiger partial charge in [-0.1, -0.05) is 19.1 Å². The molecule has 0 aliphatic carbocycles. The van der Waals surface area contributed by atoms with E-state index >= 15 is 0 Å². The fourth-order valence-corrected chi connectivity index (χ4v) is 2.33. The zero-order chi connectivity index (χ0) is 15.1. The van der Waals surface area contributed by atoms with Crippen LogP contribution in [0.2, 0.25) is 0 Å². The number of nitrogens with one attached hydrogen (secondary N) is 1. The molecule has 1 N–H and O–H groups in total. The third kappa shape index (κ3) is 4.94. The zero-order valence-corrected chi connectivity index (χ0v) is 13.1. The van der Waals surface area contributed by atoms with Crippen molar-refractivity contribution in [1.82, 2.24) is 5.32 Å². The maximum Gasteiger partial charge on any atom is 0.120 e. The Hall–Kier alpha value is -1.74. The molecule has 1 aromatic carbocycles. The van der Waals surface area contributed by atoms with E-state index in [2.05, 4.69) is 30.4 Å². The lowest BCUT2D eigenvalue weighted by Gasteiger charge is -2.19. The molecule has 3 nitrogen and oxygen atoms in total. The smallest absolute Gasteiger partial charge is 0.120 e. The summed E-state index contributed by atoms with van der Waals surface area (Å²) >= 11 is 0. The van der Waals surface area contributed by atoms with Crippen LogP contribution in [-0.2, 0) is 6.42 Å². The molecule has 21 heavy (non-hydrogen) atoms. The highest BCUT2D eigenvalue weighted by atomic mass is 16.5. The Balaban J connectivity index is 2.14. The van der Waals surface area contributed by atoms with Crippen LogP contribution in [0.1, 0.15) is 44.6 Å². The fourth-order valence-electron chi connectivity index (χ4n) is 2.33. The van der Waals surface area contributed by atoms with Crippen molar-refractivity contribution in [3.8, 4) is 5.75 Å². The molecule has 1 heterocycles. The first-order chi connectivity index (χ1) is 10.2. The van der Waals surface area contributed by atoms with Crippen LogP contribution >= 0.6 is 0 Å². The van der Waals surface area contributed by atoms with E-state index in [1.54, 1.807) is 6.26 Å². The lowest BCUT2D eigenvalue weighted by atomic mass is 10.0. The SMILES string of the molecule is CCCNC(Cc1ccco1)c1cccc(OC(C)C)c1.